The van der Waals surface area contributed by atoms with Crippen LogP contribution in [0, 0.1) is 6.92 Å². The first-order valence-electron chi connectivity index (χ1n) is 10.6. The molecule has 0 radical (unpaired) electrons. The number of fused-ring (bicyclic) bond motifs is 5. The zero-order chi connectivity index (χ0) is 23.8. The molecule has 0 N–H and O–H groups in total. The van der Waals surface area contributed by atoms with Crippen molar-refractivity contribution >= 4 is 0 Å². The van der Waals surface area contributed by atoms with Crippen LogP contribution in [0.5, 0.6) is 5.75 Å². The SMILES string of the molecule is C/C=C(F)\C=C(/C)OCc1nnn2c1Cc1c(-c3noc(C)n3)ncn1-c1ccc(OC)cc1-2. The van der Waals surface area contributed by atoms with Crippen LogP contribution in [0.2, 0.25) is 0 Å². The number of rotatable bonds is 6. The second-order valence-corrected chi connectivity index (χ2v) is 7.69. The number of allylic oxidation sites excluding steroid dienone is 4. The monoisotopic (exact) mass is 463 g/mol. The number of methoxy groups -OCH3 is 1. The zero-order valence-corrected chi connectivity index (χ0v) is 19.1. The predicted octanol–water partition coefficient (Wildman–Crippen LogP) is 4.02. The van der Waals surface area contributed by atoms with Gasteiger partial charge in [0.1, 0.15) is 35.9 Å². The lowest BCUT2D eigenvalue weighted by molar-refractivity contribution is 0.195. The number of nitrogens with zero attached hydrogens (tertiary/aromatic N) is 7. The highest BCUT2D eigenvalue weighted by Gasteiger charge is 2.28. The van der Waals surface area contributed by atoms with E-state index >= 15 is 0 Å². The Morgan fingerprint density at radius 2 is 2.12 bits per heavy atom. The van der Waals surface area contributed by atoms with Crippen molar-refractivity contribution in [1.82, 2.24) is 34.7 Å². The Morgan fingerprint density at radius 3 is 2.85 bits per heavy atom. The summed E-state index contributed by atoms with van der Waals surface area (Å²) in [5.41, 5.74) is 4.49. The summed E-state index contributed by atoms with van der Waals surface area (Å²) in [4.78, 5) is 8.93. The molecule has 0 saturated heterocycles. The van der Waals surface area contributed by atoms with Crippen LogP contribution in [-0.4, -0.2) is 41.8 Å². The van der Waals surface area contributed by atoms with Gasteiger partial charge in [0.2, 0.25) is 11.7 Å². The molecule has 1 aliphatic rings. The fraction of sp³-hybridized carbons (Fsp3) is 0.261. The molecule has 11 heteroatoms. The molecule has 0 bridgehead atoms. The summed E-state index contributed by atoms with van der Waals surface area (Å²) >= 11 is 0. The molecule has 10 nitrogen and oxygen atoms in total. The molecule has 4 aromatic rings. The molecule has 1 aliphatic heterocycles. The van der Waals surface area contributed by atoms with E-state index in [0.29, 0.717) is 41.0 Å². The van der Waals surface area contributed by atoms with Crippen molar-refractivity contribution in [2.75, 3.05) is 7.11 Å². The van der Waals surface area contributed by atoms with Gasteiger partial charge in [-0.2, -0.15) is 4.98 Å². The van der Waals surface area contributed by atoms with Crippen LogP contribution in [0.1, 0.15) is 36.8 Å². The Hall–Kier alpha value is -4.28. The number of ether oxygens (including phenoxy) is 2. The molecule has 0 saturated carbocycles. The molecule has 174 valence electrons. The van der Waals surface area contributed by atoms with Gasteiger partial charge in [0.15, 0.2) is 0 Å². The molecule has 0 fully saturated rings. The molecular weight excluding hydrogens is 441 g/mol. The maximum atomic E-state index is 13.6. The van der Waals surface area contributed by atoms with Gasteiger partial charge >= 0.3 is 0 Å². The number of aryl methyl sites for hydroxylation is 1. The zero-order valence-electron chi connectivity index (χ0n) is 19.1. The lowest BCUT2D eigenvalue weighted by atomic mass is 10.1. The van der Waals surface area contributed by atoms with Crippen molar-refractivity contribution in [1.29, 1.82) is 0 Å². The highest BCUT2D eigenvalue weighted by Crippen LogP contribution is 2.34. The van der Waals surface area contributed by atoms with Crippen LogP contribution in [0.25, 0.3) is 22.9 Å². The van der Waals surface area contributed by atoms with E-state index in [0.717, 1.165) is 22.8 Å². The minimum atomic E-state index is -0.371. The standard InChI is InChI=1S/C23H22FN7O3/c1-5-15(24)8-13(2)33-11-17-19-10-21-22(23-26-14(3)34-28-23)25-12-30(21)18-7-6-16(32-4)9-20(18)31(19)29-27-17/h5-9,12H,10-11H2,1-4H3/b13-8+,15-5+. The fourth-order valence-corrected chi connectivity index (χ4v) is 3.81. The van der Waals surface area contributed by atoms with E-state index in [1.165, 1.54) is 12.2 Å². The summed E-state index contributed by atoms with van der Waals surface area (Å²) in [5.74, 6) is 1.59. The van der Waals surface area contributed by atoms with E-state index in [4.69, 9.17) is 14.0 Å². The summed E-state index contributed by atoms with van der Waals surface area (Å²) in [6, 6.07) is 5.69. The Balaban J connectivity index is 1.62. The van der Waals surface area contributed by atoms with Crippen molar-refractivity contribution < 1.29 is 18.4 Å². The molecular formula is C23H22FN7O3. The van der Waals surface area contributed by atoms with E-state index in [-0.39, 0.29) is 12.4 Å². The normalized spacial score (nSPS) is 13.2. The Kier molecular flexibility index (Phi) is 5.44. The number of imidazole rings is 1. The third kappa shape index (κ3) is 3.74. The van der Waals surface area contributed by atoms with Crippen LogP contribution in [0.3, 0.4) is 0 Å². The van der Waals surface area contributed by atoms with Gasteiger partial charge in [-0.1, -0.05) is 16.4 Å². The van der Waals surface area contributed by atoms with Gasteiger partial charge in [-0.05, 0) is 26.0 Å². The summed E-state index contributed by atoms with van der Waals surface area (Å²) < 4.78 is 33.7. The smallest absolute Gasteiger partial charge is 0.223 e. The van der Waals surface area contributed by atoms with E-state index in [1.54, 1.807) is 38.9 Å². The highest BCUT2D eigenvalue weighted by atomic mass is 19.1. The maximum absolute atomic E-state index is 13.6. The largest absolute Gasteiger partial charge is 0.497 e. The minimum Gasteiger partial charge on any atom is -0.497 e. The molecule has 0 spiro atoms. The summed E-state index contributed by atoms with van der Waals surface area (Å²) in [7, 11) is 1.61. The van der Waals surface area contributed by atoms with Gasteiger partial charge in [0.05, 0.1) is 35.6 Å². The molecule has 34 heavy (non-hydrogen) atoms. The summed E-state index contributed by atoms with van der Waals surface area (Å²) in [6.45, 7) is 5.17. The second kappa shape index (κ2) is 8.58. The van der Waals surface area contributed by atoms with Crippen LogP contribution in [-0.2, 0) is 17.8 Å². The molecule has 5 rings (SSSR count). The number of aromatic nitrogens is 7. The number of hydrogen-bond acceptors (Lipinski definition) is 8. The average Bonchev–Trinajstić information content (AvgIpc) is 3.54. The first-order valence-corrected chi connectivity index (χ1v) is 10.6. The van der Waals surface area contributed by atoms with Gasteiger partial charge < -0.3 is 14.0 Å². The summed E-state index contributed by atoms with van der Waals surface area (Å²) in [5, 5.41) is 12.8. The molecule has 0 amide bonds. The molecule has 0 aliphatic carbocycles. The van der Waals surface area contributed by atoms with Gasteiger partial charge in [0.25, 0.3) is 0 Å². The van der Waals surface area contributed by atoms with Crippen molar-refractivity contribution in [3.05, 3.63) is 71.2 Å². The number of benzene rings is 1. The molecule has 4 heterocycles. The van der Waals surface area contributed by atoms with Crippen LogP contribution < -0.4 is 4.74 Å². The van der Waals surface area contributed by atoms with E-state index in [9.17, 15) is 4.39 Å². The number of hydrogen-bond donors (Lipinski definition) is 0. The van der Waals surface area contributed by atoms with Crippen LogP contribution in [0.15, 0.2) is 52.8 Å². The van der Waals surface area contributed by atoms with Gasteiger partial charge in [-0.3, -0.25) is 4.57 Å². The maximum Gasteiger partial charge on any atom is 0.223 e. The third-order valence-electron chi connectivity index (χ3n) is 5.51. The van der Waals surface area contributed by atoms with E-state index < -0.39 is 0 Å². The second-order valence-electron chi connectivity index (χ2n) is 7.69. The Labute approximate surface area is 194 Å². The lowest BCUT2D eigenvalue weighted by Gasteiger charge is -2.11. The Morgan fingerprint density at radius 1 is 1.26 bits per heavy atom. The topological polar surface area (TPSA) is 106 Å². The average molecular weight is 463 g/mol. The lowest BCUT2D eigenvalue weighted by Crippen LogP contribution is -2.05. The molecule has 1 aromatic carbocycles. The molecule has 0 unspecified atom stereocenters. The van der Waals surface area contributed by atoms with Crippen molar-refractivity contribution in [3.63, 3.8) is 0 Å². The Bertz CT molecular complexity index is 1430. The highest BCUT2D eigenvalue weighted by molar-refractivity contribution is 5.63. The predicted molar refractivity (Wildman–Crippen MR) is 119 cm³/mol. The van der Waals surface area contributed by atoms with Gasteiger partial charge in [-0.25, -0.2) is 14.1 Å². The van der Waals surface area contributed by atoms with E-state index in [1.807, 2.05) is 22.8 Å². The molecule has 0 atom stereocenters. The summed E-state index contributed by atoms with van der Waals surface area (Å²) in [6.07, 6.45) is 4.85. The van der Waals surface area contributed by atoms with Crippen LogP contribution >= 0.6 is 0 Å². The number of halogens is 1. The first kappa shape index (κ1) is 21.6. The van der Waals surface area contributed by atoms with Crippen molar-refractivity contribution in [2.45, 2.75) is 33.8 Å². The minimum absolute atomic E-state index is 0.124. The third-order valence-corrected chi connectivity index (χ3v) is 5.51. The van der Waals surface area contributed by atoms with Crippen LogP contribution in [0.4, 0.5) is 4.39 Å². The van der Waals surface area contributed by atoms with Crippen molar-refractivity contribution in [2.24, 2.45) is 0 Å². The first-order chi connectivity index (χ1) is 16.5. The van der Waals surface area contributed by atoms with Crippen molar-refractivity contribution in [3.8, 4) is 28.6 Å². The molecule has 3 aromatic heterocycles. The van der Waals surface area contributed by atoms with E-state index in [2.05, 4.69) is 25.4 Å². The van der Waals surface area contributed by atoms with Gasteiger partial charge in [0, 0.05) is 25.5 Å². The van der Waals surface area contributed by atoms with Gasteiger partial charge in [-0.15, -0.1) is 5.10 Å². The fourth-order valence-electron chi connectivity index (χ4n) is 3.81. The quantitative estimate of drug-likeness (QED) is 0.275.